The molecule has 5 heteroatoms. The van der Waals surface area contributed by atoms with Gasteiger partial charge in [0.15, 0.2) is 0 Å². The third kappa shape index (κ3) is 5.58. The van der Waals surface area contributed by atoms with Gasteiger partial charge in [0, 0.05) is 32.2 Å². The van der Waals surface area contributed by atoms with Gasteiger partial charge in [0.25, 0.3) is 0 Å². The first kappa shape index (κ1) is 34.4. The zero-order valence-electron chi connectivity index (χ0n) is 32.2. The molecule has 10 aromatic carbocycles. The fourth-order valence-corrected chi connectivity index (χ4v) is 10.1. The lowest BCUT2D eigenvalue weighted by atomic mass is 9.95. The van der Waals surface area contributed by atoms with Crippen molar-refractivity contribution >= 4 is 100 Å². The molecule has 4 nitrogen and oxygen atoms in total. The largest absolute Gasteiger partial charge is 0.456 e. The average molecular weight is 787 g/mol. The maximum atomic E-state index is 13.4. The van der Waals surface area contributed by atoms with Crippen LogP contribution in [0.5, 0.6) is 0 Å². The van der Waals surface area contributed by atoms with Crippen LogP contribution in [-0.2, 0) is 0 Å². The zero-order chi connectivity index (χ0) is 39.7. The van der Waals surface area contributed by atoms with E-state index in [-0.39, 0.29) is 5.43 Å². The highest BCUT2D eigenvalue weighted by Gasteiger charge is 2.29. The van der Waals surface area contributed by atoms with Gasteiger partial charge >= 0.3 is 0 Å². The molecule has 0 radical (unpaired) electrons. The fourth-order valence-electron chi connectivity index (χ4n) is 8.93. The van der Waals surface area contributed by atoms with Crippen molar-refractivity contribution in [3.63, 3.8) is 0 Å². The predicted octanol–water partition coefficient (Wildman–Crippen LogP) is 15.5. The summed E-state index contributed by atoms with van der Waals surface area (Å²) in [7, 11) is 0. The van der Waals surface area contributed by atoms with Crippen LogP contribution >= 0.6 is 11.8 Å². The number of hydrogen-bond donors (Lipinski definition) is 0. The Balaban J connectivity index is 1.07. The summed E-state index contributed by atoms with van der Waals surface area (Å²) in [4.78, 5) is 20.6. The van der Waals surface area contributed by atoms with E-state index in [2.05, 4.69) is 174 Å². The van der Waals surface area contributed by atoms with Crippen molar-refractivity contribution in [1.29, 1.82) is 0 Å². The SMILES string of the molecule is O=c1c2ccccc2oc2cc(-c3ccc(N4c5ccc(N(c6ccccc6)c6ccccc6)cc5Sc5cc6cc7ccccc7cc6cc54)c4ccccc34)ccc12. The van der Waals surface area contributed by atoms with Gasteiger partial charge in [-0.05, 0) is 135 Å². The molecule has 0 atom stereocenters. The number of para-hydroxylation sites is 3. The minimum atomic E-state index is -0.0155. The van der Waals surface area contributed by atoms with Gasteiger partial charge < -0.3 is 14.2 Å². The molecule has 1 aliphatic heterocycles. The molecule has 0 saturated carbocycles. The Hall–Kier alpha value is -7.60. The van der Waals surface area contributed by atoms with Gasteiger partial charge in [0.05, 0.1) is 27.8 Å². The molecule has 0 N–H and O–H groups in total. The molecule has 0 saturated heterocycles. The Morgan fingerprint density at radius 1 is 0.400 bits per heavy atom. The van der Waals surface area contributed by atoms with E-state index >= 15 is 0 Å². The van der Waals surface area contributed by atoms with Gasteiger partial charge in [-0.2, -0.15) is 0 Å². The first-order valence-electron chi connectivity index (χ1n) is 20.1. The number of fused-ring (bicyclic) bond motifs is 7. The monoisotopic (exact) mass is 786 g/mol. The third-order valence-corrected chi connectivity index (χ3v) is 12.8. The van der Waals surface area contributed by atoms with E-state index in [0.717, 1.165) is 56.0 Å². The smallest absolute Gasteiger partial charge is 0.200 e. The lowest BCUT2D eigenvalue weighted by Gasteiger charge is -2.35. The minimum Gasteiger partial charge on any atom is -0.456 e. The van der Waals surface area contributed by atoms with Crippen molar-refractivity contribution in [2.75, 3.05) is 9.80 Å². The highest BCUT2D eigenvalue weighted by Crippen LogP contribution is 2.55. The summed E-state index contributed by atoms with van der Waals surface area (Å²) in [6.07, 6.45) is 0. The lowest BCUT2D eigenvalue weighted by Crippen LogP contribution is -2.16. The van der Waals surface area contributed by atoms with Crippen LogP contribution in [0.1, 0.15) is 0 Å². The maximum absolute atomic E-state index is 13.4. The van der Waals surface area contributed by atoms with Gasteiger partial charge in [0.1, 0.15) is 11.2 Å². The molecule has 11 aromatic rings. The van der Waals surface area contributed by atoms with E-state index in [0.29, 0.717) is 21.9 Å². The van der Waals surface area contributed by atoms with Gasteiger partial charge in [-0.25, -0.2) is 0 Å². The number of benzene rings is 10. The van der Waals surface area contributed by atoms with Crippen LogP contribution in [0.15, 0.2) is 225 Å². The van der Waals surface area contributed by atoms with Crippen LogP contribution in [0.25, 0.3) is 65.4 Å². The normalized spacial score (nSPS) is 12.3. The van der Waals surface area contributed by atoms with Crippen molar-refractivity contribution in [2.45, 2.75) is 9.79 Å². The van der Waals surface area contributed by atoms with Crippen LogP contribution < -0.4 is 15.2 Å². The van der Waals surface area contributed by atoms with E-state index in [1.165, 1.54) is 31.3 Å². The molecule has 2 heterocycles. The molecule has 60 heavy (non-hydrogen) atoms. The Kier molecular flexibility index (Phi) is 7.90. The van der Waals surface area contributed by atoms with E-state index in [9.17, 15) is 4.79 Å². The highest BCUT2D eigenvalue weighted by atomic mass is 32.2. The highest BCUT2D eigenvalue weighted by molar-refractivity contribution is 7.99. The van der Waals surface area contributed by atoms with Gasteiger partial charge in [-0.1, -0.05) is 121 Å². The Bertz CT molecular complexity index is 3530. The van der Waals surface area contributed by atoms with E-state index in [1.54, 1.807) is 0 Å². The Labute approximate surface area is 350 Å². The summed E-state index contributed by atoms with van der Waals surface area (Å²) >= 11 is 1.83. The molecule has 12 rings (SSSR count). The summed E-state index contributed by atoms with van der Waals surface area (Å²) in [5.41, 5.74) is 9.85. The van der Waals surface area contributed by atoms with Crippen LogP contribution in [0.3, 0.4) is 0 Å². The summed E-state index contributed by atoms with van der Waals surface area (Å²) in [6, 6.07) is 72.5. The van der Waals surface area contributed by atoms with Crippen molar-refractivity contribution < 1.29 is 4.42 Å². The summed E-state index contributed by atoms with van der Waals surface area (Å²) in [5, 5.41) is 8.27. The number of anilines is 6. The first-order valence-corrected chi connectivity index (χ1v) is 20.9. The van der Waals surface area contributed by atoms with Gasteiger partial charge in [0.2, 0.25) is 5.43 Å². The average Bonchev–Trinajstić information content (AvgIpc) is 3.30. The van der Waals surface area contributed by atoms with E-state index in [4.69, 9.17) is 4.42 Å². The minimum absolute atomic E-state index is 0.0155. The van der Waals surface area contributed by atoms with Crippen molar-refractivity contribution in [3.8, 4) is 11.1 Å². The van der Waals surface area contributed by atoms with E-state index in [1.807, 2.05) is 54.2 Å². The molecular formula is C55H34N2O2S. The van der Waals surface area contributed by atoms with Crippen LogP contribution in [0, 0.1) is 0 Å². The molecule has 1 aromatic heterocycles. The molecule has 0 spiro atoms. The molecular weight excluding hydrogens is 753 g/mol. The topological polar surface area (TPSA) is 36.7 Å². The van der Waals surface area contributed by atoms with E-state index < -0.39 is 0 Å². The number of rotatable bonds is 5. The summed E-state index contributed by atoms with van der Waals surface area (Å²) in [6.45, 7) is 0. The van der Waals surface area contributed by atoms with Crippen molar-refractivity contribution in [3.05, 3.63) is 216 Å². The Morgan fingerprint density at radius 2 is 1.00 bits per heavy atom. The second kappa shape index (κ2) is 13.8. The molecule has 0 fully saturated rings. The predicted molar refractivity (Wildman–Crippen MR) is 251 cm³/mol. The van der Waals surface area contributed by atoms with Crippen LogP contribution in [-0.4, -0.2) is 0 Å². The molecule has 0 unspecified atom stereocenters. The van der Waals surface area contributed by atoms with Crippen LogP contribution in [0.4, 0.5) is 34.1 Å². The number of hydrogen-bond acceptors (Lipinski definition) is 5. The maximum Gasteiger partial charge on any atom is 0.200 e. The Morgan fingerprint density at radius 3 is 1.75 bits per heavy atom. The lowest BCUT2D eigenvalue weighted by molar-refractivity contribution is 0.660. The van der Waals surface area contributed by atoms with Crippen LogP contribution in [0.2, 0.25) is 0 Å². The molecule has 0 bridgehead atoms. The second-order valence-corrected chi connectivity index (χ2v) is 16.4. The molecule has 0 amide bonds. The van der Waals surface area contributed by atoms with Gasteiger partial charge in [-0.3, -0.25) is 4.79 Å². The molecule has 282 valence electrons. The second-order valence-electron chi connectivity index (χ2n) is 15.3. The standard InChI is InChI=1S/C55H34N2O2S/c58-55-46-21-11-12-22-51(46)59-52-32-37(23-25-47(52)55)43-26-28-48(45-20-10-9-19-44(43)45)57-49-27-24-42(56(40-15-3-1-4-16-40)41-17-5-2-6-18-41)34-54(49)60-53-33-39-30-36-14-8-7-13-35(36)29-38(39)31-50(53)57/h1-34H. The molecule has 1 aliphatic rings. The number of nitrogens with zero attached hydrogens (tertiary/aromatic N) is 2. The third-order valence-electron chi connectivity index (χ3n) is 11.7. The van der Waals surface area contributed by atoms with Gasteiger partial charge in [-0.15, -0.1) is 0 Å². The first-order chi connectivity index (χ1) is 29.6. The van der Waals surface area contributed by atoms with Crippen molar-refractivity contribution in [1.82, 2.24) is 0 Å². The zero-order valence-corrected chi connectivity index (χ0v) is 33.1. The van der Waals surface area contributed by atoms with Crippen molar-refractivity contribution in [2.24, 2.45) is 0 Å². The summed E-state index contributed by atoms with van der Waals surface area (Å²) in [5.74, 6) is 0. The fraction of sp³-hybridized carbons (Fsp3) is 0. The quantitative estimate of drug-likeness (QED) is 0.162. The molecule has 0 aliphatic carbocycles. The summed E-state index contributed by atoms with van der Waals surface area (Å²) < 4.78 is 6.33.